The zero-order valence-corrected chi connectivity index (χ0v) is 13.3. The number of hydrogen-bond acceptors (Lipinski definition) is 3. The van der Waals surface area contributed by atoms with Crippen LogP contribution in [0.5, 0.6) is 5.75 Å². The van der Waals surface area contributed by atoms with E-state index in [1.54, 1.807) is 4.57 Å². The minimum absolute atomic E-state index is 0.0897. The minimum atomic E-state index is -0.416. The highest BCUT2D eigenvalue weighted by atomic mass is 16.3. The monoisotopic (exact) mass is 311 g/mol. The molecule has 0 spiro atoms. The lowest BCUT2D eigenvalue weighted by molar-refractivity contribution is 0.101. The first kappa shape index (κ1) is 15.5. The Morgan fingerprint density at radius 3 is 2.35 bits per heavy atom. The second-order valence-corrected chi connectivity index (χ2v) is 6.10. The van der Waals surface area contributed by atoms with E-state index in [9.17, 15) is 14.7 Å². The van der Waals surface area contributed by atoms with E-state index in [0.717, 1.165) is 49.0 Å². The van der Waals surface area contributed by atoms with Gasteiger partial charge in [-0.2, -0.15) is 0 Å². The lowest BCUT2D eigenvalue weighted by Crippen LogP contribution is -2.29. The van der Waals surface area contributed by atoms with E-state index < -0.39 is 5.56 Å². The van der Waals surface area contributed by atoms with Gasteiger partial charge in [0.15, 0.2) is 5.78 Å². The minimum Gasteiger partial charge on any atom is -0.507 e. The molecule has 1 aliphatic rings. The smallest absolute Gasteiger partial charge is 0.269 e. The Balaban J connectivity index is 2.36. The molecular formula is C19H21NO3. The Morgan fingerprint density at radius 2 is 1.70 bits per heavy atom. The lowest BCUT2D eigenvalue weighted by Gasteiger charge is -2.22. The summed E-state index contributed by atoms with van der Waals surface area (Å²) in [4.78, 5) is 24.8. The summed E-state index contributed by atoms with van der Waals surface area (Å²) in [5.41, 5.74) is 1.85. The molecule has 1 aromatic carbocycles. The van der Waals surface area contributed by atoms with Crippen molar-refractivity contribution in [2.75, 3.05) is 0 Å². The van der Waals surface area contributed by atoms with E-state index in [2.05, 4.69) is 0 Å². The van der Waals surface area contributed by atoms with Crippen molar-refractivity contribution in [1.82, 2.24) is 4.57 Å². The lowest BCUT2D eigenvalue weighted by atomic mass is 9.93. The molecule has 0 unspecified atom stereocenters. The van der Waals surface area contributed by atoms with Crippen LogP contribution in [0.25, 0.3) is 5.69 Å². The largest absolute Gasteiger partial charge is 0.507 e. The van der Waals surface area contributed by atoms with E-state index in [4.69, 9.17) is 0 Å². The van der Waals surface area contributed by atoms with Crippen LogP contribution in [0, 0.1) is 0 Å². The summed E-state index contributed by atoms with van der Waals surface area (Å²) in [6, 6.07) is 9.36. The van der Waals surface area contributed by atoms with Crippen LogP contribution in [0.15, 0.2) is 35.1 Å². The number of Topliss-reactive ketones (excluding diaryl/α,β-unsaturated/α-hetero) is 1. The Bertz CT molecular complexity index is 790. The average Bonchev–Trinajstić information content (AvgIpc) is 2.49. The number of carbonyl (C=O) groups is 1. The summed E-state index contributed by atoms with van der Waals surface area (Å²) in [7, 11) is 0. The maximum Gasteiger partial charge on any atom is 0.269 e. The highest BCUT2D eigenvalue weighted by Gasteiger charge is 2.24. The molecule has 0 atom stereocenters. The number of pyridine rings is 1. The number of hydrogen-bond donors (Lipinski definition) is 1. The molecule has 120 valence electrons. The van der Waals surface area contributed by atoms with Crippen molar-refractivity contribution in [3.63, 3.8) is 0 Å². The van der Waals surface area contributed by atoms with E-state index in [1.165, 1.54) is 6.92 Å². The number of carbonyl (C=O) groups excluding carboxylic acids is 1. The first-order chi connectivity index (χ1) is 11.1. The molecule has 23 heavy (non-hydrogen) atoms. The summed E-state index contributed by atoms with van der Waals surface area (Å²) in [6.45, 7) is 1.33. The first-order valence-corrected chi connectivity index (χ1v) is 8.17. The zero-order valence-electron chi connectivity index (χ0n) is 13.3. The molecular weight excluding hydrogens is 290 g/mol. The summed E-state index contributed by atoms with van der Waals surface area (Å²) in [5.74, 6) is -0.492. The fraction of sp³-hybridized carbons (Fsp3) is 0.368. The van der Waals surface area contributed by atoms with E-state index >= 15 is 0 Å². The third-order valence-electron chi connectivity index (χ3n) is 4.51. The molecule has 0 saturated carbocycles. The molecule has 1 heterocycles. The first-order valence-electron chi connectivity index (χ1n) is 8.17. The topological polar surface area (TPSA) is 59.3 Å². The Labute approximate surface area is 135 Å². The van der Waals surface area contributed by atoms with Gasteiger partial charge in [0, 0.05) is 16.9 Å². The van der Waals surface area contributed by atoms with Crippen molar-refractivity contribution in [2.24, 2.45) is 0 Å². The molecule has 2 aromatic rings. The molecule has 1 aromatic heterocycles. The average molecular weight is 311 g/mol. The summed E-state index contributed by atoms with van der Waals surface area (Å²) in [5, 5.41) is 10.5. The van der Waals surface area contributed by atoms with Crippen LogP contribution in [-0.2, 0) is 12.8 Å². The molecule has 0 radical (unpaired) electrons. The van der Waals surface area contributed by atoms with Crippen molar-refractivity contribution in [2.45, 2.75) is 45.4 Å². The number of aromatic hydroxyl groups is 1. The van der Waals surface area contributed by atoms with Crippen molar-refractivity contribution in [3.05, 3.63) is 57.5 Å². The molecule has 4 nitrogen and oxygen atoms in total. The number of aromatic nitrogens is 1. The quantitative estimate of drug-likeness (QED) is 0.865. The van der Waals surface area contributed by atoms with Gasteiger partial charge in [0.05, 0.1) is 0 Å². The van der Waals surface area contributed by atoms with Crippen LogP contribution in [-0.4, -0.2) is 15.5 Å². The van der Waals surface area contributed by atoms with Crippen molar-refractivity contribution in [1.29, 1.82) is 0 Å². The third-order valence-corrected chi connectivity index (χ3v) is 4.51. The van der Waals surface area contributed by atoms with Crippen LogP contribution < -0.4 is 5.56 Å². The van der Waals surface area contributed by atoms with Crippen molar-refractivity contribution >= 4 is 5.78 Å². The highest BCUT2D eigenvalue weighted by Crippen LogP contribution is 2.30. The molecule has 0 fully saturated rings. The molecule has 3 rings (SSSR count). The fourth-order valence-corrected chi connectivity index (χ4v) is 3.40. The molecule has 0 bridgehead atoms. The molecule has 0 amide bonds. The van der Waals surface area contributed by atoms with Gasteiger partial charge in [0.1, 0.15) is 11.3 Å². The number of nitrogens with zero attached hydrogens (tertiary/aromatic N) is 1. The number of ketones is 1. The predicted molar refractivity (Wildman–Crippen MR) is 89.6 cm³/mol. The maximum atomic E-state index is 12.9. The Hall–Kier alpha value is -2.36. The molecule has 1 N–H and O–H groups in total. The van der Waals surface area contributed by atoms with Gasteiger partial charge in [-0.1, -0.05) is 31.0 Å². The highest BCUT2D eigenvalue weighted by molar-refractivity contribution is 5.97. The molecule has 0 saturated heterocycles. The summed E-state index contributed by atoms with van der Waals surface area (Å²) < 4.78 is 1.62. The number of rotatable bonds is 2. The molecule has 0 aliphatic heterocycles. The van der Waals surface area contributed by atoms with Gasteiger partial charge in [0.25, 0.3) is 5.56 Å². The second kappa shape index (κ2) is 6.41. The SMILES string of the molecule is CC(=O)c1c(O)c2c(n(-c3ccccc3)c1=O)CCCCCC2. The second-order valence-electron chi connectivity index (χ2n) is 6.10. The number of benzene rings is 1. The van der Waals surface area contributed by atoms with Gasteiger partial charge in [-0.3, -0.25) is 14.2 Å². The van der Waals surface area contributed by atoms with Crippen LogP contribution >= 0.6 is 0 Å². The van der Waals surface area contributed by atoms with E-state index in [1.807, 2.05) is 30.3 Å². The standard InChI is InChI=1S/C19H21NO3/c1-13(21)17-18(22)15-11-7-2-3-8-12-16(15)20(19(17)23)14-9-5-4-6-10-14/h4-6,9-10,22H,2-3,7-8,11-12H2,1H3. The van der Waals surface area contributed by atoms with E-state index in [0.29, 0.717) is 6.42 Å². The van der Waals surface area contributed by atoms with Gasteiger partial charge in [-0.25, -0.2) is 0 Å². The van der Waals surface area contributed by atoms with Crippen molar-refractivity contribution < 1.29 is 9.90 Å². The van der Waals surface area contributed by atoms with Gasteiger partial charge in [0.2, 0.25) is 0 Å². The fourth-order valence-electron chi connectivity index (χ4n) is 3.40. The zero-order chi connectivity index (χ0) is 16.4. The van der Waals surface area contributed by atoms with E-state index in [-0.39, 0.29) is 17.1 Å². The van der Waals surface area contributed by atoms with Gasteiger partial charge in [-0.05, 0) is 44.7 Å². The molecule has 4 heteroatoms. The van der Waals surface area contributed by atoms with Crippen LogP contribution in [0.3, 0.4) is 0 Å². The summed E-state index contributed by atoms with van der Waals surface area (Å²) in [6.07, 6.45) is 5.62. The van der Waals surface area contributed by atoms with Crippen LogP contribution in [0.4, 0.5) is 0 Å². The van der Waals surface area contributed by atoms with Gasteiger partial charge in [-0.15, -0.1) is 0 Å². The Kier molecular flexibility index (Phi) is 4.33. The maximum absolute atomic E-state index is 12.9. The Morgan fingerprint density at radius 1 is 1.04 bits per heavy atom. The summed E-state index contributed by atoms with van der Waals surface area (Å²) >= 11 is 0. The van der Waals surface area contributed by atoms with Gasteiger partial charge >= 0.3 is 0 Å². The van der Waals surface area contributed by atoms with Crippen LogP contribution in [0.1, 0.15) is 54.2 Å². The molecule has 1 aliphatic carbocycles. The van der Waals surface area contributed by atoms with Gasteiger partial charge < -0.3 is 5.11 Å². The predicted octanol–water partition coefficient (Wildman–Crippen LogP) is 3.40. The normalized spacial score (nSPS) is 14.7. The van der Waals surface area contributed by atoms with Crippen molar-refractivity contribution in [3.8, 4) is 11.4 Å². The number of fused-ring (bicyclic) bond motifs is 1. The number of para-hydroxylation sites is 1. The van der Waals surface area contributed by atoms with Crippen LogP contribution in [0.2, 0.25) is 0 Å². The third kappa shape index (κ3) is 2.81.